The van der Waals surface area contributed by atoms with Crippen LogP contribution < -0.4 is 5.73 Å². The van der Waals surface area contributed by atoms with Crippen LogP contribution >= 0.6 is 0 Å². The summed E-state index contributed by atoms with van der Waals surface area (Å²) < 4.78 is 10.0. The number of hydrogen-bond acceptors (Lipinski definition) is 5. The maximum absolute atomic E-state index is 5.40. The van der Waals surface area contributed by atoms with Gasteiger partial charge in [0.05, 0.1) is 13.2 Å². The van der Waals surface area contributed by atoms with Crippen molar-refractivity contribution in [2.24, 2.45) is 5.73 Å². The van der Waals surface area contributed by atoms with Crippen LogP contribution in [-0.2, 0) is 17.9 Å². The van der Waals surface area contributed by atoms with Crippen LogP contribution in [0.15, 0.2) is 28.8 Å². The number of ether oxygens (including phenoxy) is 1. The average Bonchev–Trinajstić information content (AvgIpc) is 2.78. The van der Waals surface area contributed by atoms with E-state index < -0.39 is 0 Å². The van der Waals surface area contributed by atoms with E-state index in [0.717, 1.165) is 11.1 Å². The molecule has 0 aliphatic carbocycles. The highest BCUT2D eigenvalue weighted by Crippen LogP contribution is 2.17. The van der Waals surface area contributed by atoms with Gasteiger partial charge in [-0.1, -0.05) is 23.4 Å². The molecule has 1 aromatic carbocycles. The first-order chi connectivity index (χ1) is 7.83. The van der Waals surface area contributed by atoms with Crippen LogP contribution in [0.5, 0.6) is 0 Å². The molecule has 1 aromatic heterocycles. The molecule has 0 spiro atoms. The first-order valence-electron chi connectivity index (χ1n) is 4.94. The lowest BCUT2D eigenvalue weighted by atomic mass is 10.1. The molecular formula is C11H13N3O2. The Labute approximate surface area is 93.2 Å². The van der Waals surface area contributed by atoms with Gasteiger partial charge in [-0.2, -0.15) is 4.98 Å². The van der Waals surface area contributed by atoms with E-state index in [9.17, 15) is 0 Å². The number of hydrogen-bond donors (Lipinski definition) is 1. The molecule has 0 saturated carbocycles. The molecule has 84 valence electrons. The van der Waals surface area contributed by atoms with Crippen molar-refractivity contribution in [2.45, 2.75) is 13.2 Å². The summed E-state index contributed by atoms with van der Waals surface area (Å²) in [7, 11) is 1.66. The molecule has 0 unspecified atom stereocenters. The van der Waals surface area contributed by atoms with Gasteiger partial charge in [0.25, 0.3) is 0 Å². The number of aromatic nitrogens is 2. The van der Waals surface area contributed by atoms with E-state index in [0.29, 0.717) is 18.3 Å². The Balaban J connectivity index is 2.28. The van der Waals surface area contributed by atoms with Gasteiger partial charge in [0.2, 0.25) is 11.7 Å². The Bertz CT molecular complexity index is 468. The SMILES string of the molecule is COCc1cccc(-c2noc(CN)n2)c1. The van der Waals surface area contributed by atoms with Crippen LogP contribution in [-0.4, -0.2) is 17.3 Å². The molecule has 1 heterocycles. The second kappa shape index (κ2) is 4.87. The maximum atomic E-state index is 5.40. The van der Waals surface area contributed by atoms with Gasteiger partial charge in [-0.05, 0) is 11.6 Å². The molecule has 0 amide bonds. The Morgan fingerprint density at radius 2 is 2.31 bits per heavy atom. The van der Waals surface area contributed by atoms with Gasteiger partial charge < -0.3 is 15.0 Å². The van der Waals surface area contributed by atoms with Crippen LogP contribution in [0.3, 0.4) is 0 Å². The zero-order valence-electron chi connectivity index (χ0n) is 9.01. The predicted octanol–water partition coefficient (Wildman–Crippen LogP) is 1.34. The third kappa shape index (κ3) is 2.26. The van der Waals surface area contributed by atoms with Crippen LogP contribution in [0.2, 0.25) is 0 Å². The van der Waals surface area contributed by atoms with Crippen molar-refractivity contribution in [2.75, 3.05) is 7.11 Å². The molecule has 16 heavy (non-hydrogen) atoms. The van der Waals surface area contributed by atoms with Gasteiger partial charge in [-0.3, -0.25) is 0 Å². The van der Waals surface area contributed by atoms with Gasteiger partial charge >= 0.3 is 0 Å². The Morgan fingerprint density at radius 3 is 3.00 bits per heavy atom. The van der Waals surface area contributed by atoms with Crippen molar-refractivity contribution in [3.63, 3.8) is 0 Å². The molecular weight excluding hydrogens is 206 g/mol. The van der Waals surface area contributed by atoms with E-state index in [-0.39, 0.29) is 6.54 Å². The van der Waals surface area contributed by atoms with Crippen LogP contribution in [0, 0.1) is 0 Å². The van der Waals surface area contributed by atoms with Gasteiger partial charge in [0.15, 0.2) is 0 Å². The van der Waals surface area contributed by atoms with Crippen molar-refractivity contribution in [3.8, 4) is 11.4 Å². The number of benzene rings is 1. The minimum Gasteiger partial charge on any atom is -0.380 e. The zero-order chi connectivity index (χ0) is 11.4. The van der Waals surface area contributed by atoms with Crippen LogP contribution in [0.1, 0.15) is 11.5 Å². The quantitative estimate of drug-likeness (QED) is 0.839. The van der Waals surface area contributed by atoms with Gasteiger partial charge in [-0.25, -0.2) is 0 Å². The lowest BCUT2D eigenvalue weighted by Crippen LogP contribution is -1.95. The van der Waals surface area contributed by atoms with Crippen LogP contribution in [0.4, 0.5) is 0 Å². The number of rotatable bonds is 4. The molecule has 0 fully saturated rings. The minimum absolute atomic E-state index is 0.255. The molecule has 5 heteroatoms. The molecule has 0 saturated heterocycles. The molecule has 0 radical (unpaired) electrons. The van der Waals surface area contributed by atoms with E-state index in [1.807, 2.05) is 24.3 Å². The Kier molecular flexibility index (Phi) is 3.28. The fourth-order valence-corrected chi connectivity index (χ4v) is 1.42. The summed E-state index contributed by atoms with van der Waals surface area (Å²) >= 11 is 0. The second-order valence-electron chi connectivity index (χ2n) is 3.35. The first-order valence-corrected chi connectivity index (χ1v) is 4.94. The molecule has 2 N–H and O–H groups in total. The fraction of sp³-hybridized carbons (Fsp3) is 0.273. The lowest BCUT2D eigenvalue weighted by Gasteiger charge is -2.00. The Hall–Kier alpha value is -1.72. The van der Waals surface area contributed by atoms with Crippen molar-refractivity contribution >= 4 is 0 Å². The second-order valence-corrected chi connectivity index (χ2v) is 3.35. The zero-order valence-corrected chi connectivity index (χ0v) is 9.01. The first kappa shape index (κ1) is 10.8. The molecule has 0 atom stereocenters. The molecule has 2 rings (SSSR count). The summed E-state index contributed by atoms with van der Waals surface area (Å²) in [6, 6.07) is 7.80. The van der Waals surface area contributed by atoms with E-state index in [1.54, 1.807) is 7.11 Å². The summed E-state index contributed by atoms with van der Waals surface area (Å²) in [5.41, 5.74) is 7.37. The van der Waals surface area contributed by atoms with Crippen LogP contribution in [0.25, 0.3) is 11.4 Å². The highest BCUT2D eigenvalue weighted by molar-refractivity contribution is 5.55. The minimum atomic E-state index is 0.255. The van der Waals surface area contributed by atoms with E-state index >= 15 is 0 Å². The van der Waals surface area contributed by atoms with E-state index in [4.69, 9.17) is 15.0 Å². The normalized spacial score (nSPS) is 10.6. The molecule has 2 aromatic rings. The van der Waals surface area contributed by atoms with Gasteiger partial charge in [0.1, 0.15) is 0 Å². The summed E-state index contributed by atoms with van der Waals surface area (Å²) in [5, 5.41) is 3.85. The molecule has 0 aliphatic rings. The number of nitrogens with zero attached hydrogens (tertiary/aromatic N) is 2. The van der Waals surface area contributed by atoms with Gasteiger partial charge in [-0.15, -0.1) is 0 Å². The van der Waals surface area contributed by atoms with Gasteiger partial charge in [0, 0.05) is 12.7 Å². The lowest BCUT2D eigenvalue weighted by molar-refractivity contribution is 0.185. The molecule has 0 bridgehead atoms. The maximum Gasteiger partial charge on any atom is 0.240 e. The van der Waals surface area contributed by atoms with E-state index in [2.05, 4.69) is 10.1 Å². The summed E-state index contributed by atoms with van der Waals surface area (Å²) in [6.07, 6.45) is 0. The number of methoxy groups -OCH3 is 1. The monoisotopic (exact) mass is 219 g/mol. The summed E-state index contributed by atoms with van der Waals surface area (Å²) in [4.78, 5) is 4.16. The van der Waals surface area contributed by atoms with Crippen molar-refractivity contribution in [1.82, 2.24) is 10.1 Å². The van der Waals surface area contributed by atoms with Crippen molar-refractivity contribution in [1.29, 1.82) is 0 Å². The molecule has 0 aliphatic heterocycles. The smallest absolute Gasteiger partial charge is 0.240 e. The highest BCUT2D eigenvalue weighted by atomic mass is 16.5. The third-order valence-corrected chi connectivity index (χ3v) is 2.14. The van der Waals surface area contributed by atoms with E-state index in [1.165, 1.54) is 0 Å². The summed E-state index contributed by atoms with van der Waals surface area (Å²) in [5.74, 6) is 0.991. The highest BCUT2D eigenvalue weighted by Gasteiger charge is 2.07. The number of nitrogens with two attached hydrogens (primary N) is 1. The standard InChI is InChI=1S/C11H13N3O2/c1-15-7-8-3-2-4-9(5-8)11-13-10(6-12)16-14-11/h2-5H,6-7,12H2,1H3. The third-order valence-electron chi connectivity index (χ3n) is 2.14. The fourth-order valence-electron chi connectivity index (χ4n) is 1.42. The van der Waals surface area contributed by atoms with Crippen molar-refractivity contribution in [3.05, 3.63) is 35.7 Å². The largest absolute Gasteiger partial charge is 0.380 e. The summed E-state index contributed by atoms with van der Waals surface area (Å²) in [6.45, 7) is 0.820. The topological polar surface area (TPSA) is 74.2 Å². The predicted molar refractivity (Wildman–Crippen MR) is 58.3 cm³/mol. The van der Waals surface area contributed by atoms with Crippen molar-refractivity contribution < 1.29 is 9.26 Å². The Morgan fingerprint density at radius 1 is 1.44 bits per heavy atom. The molecule has 5 nitrogen and oxygen atoms in total. The average molecular weight is 219 g/mol.